The zero-order valence-electron chi connectivity index (χ0n) is 9.88. The Kier molecular flexibility index (Phi) is 4.45. The average molecular weight is 209 g/mol. The van der Waals surface area contributed by atoms with Gasteiger partial charge in [-0.05, 0) is 58.7 Å². The molecule has 2 unspecified atom stereocenters. The van der Waals surface area contributed by atoms with Crippen LogP contribution in [0.5, 0.6) is 0 Å². The second kappa shape index (κ2) is 5.86. The predicted molar refractivity (Wildman–Crippen MR) is 64.8 cm³/mol. The number of hydrogen-bond donors (Lipinski definition) is 1. The minimum absolute atomic E-state index is 0.586. The maximum absolute atomic E-state index is 4.25. The Morgan fingerprint density at radius 3 is 2.73 bits per heavy atom. The maximum Gasteiger partial charge on any atom is 0.00958 e. The molecular formula is C13H25N2. The van der Waals surface area contributed by atoms with Crippen molar-refractivity contribution in [2.24, 2.45) is 0 Å². The molecule has 87 valence electrons. The van der Waals surface area contributed by atoms with Gasteiger partial charge in [0.2, 0.25) is 0 Å². The first-order valence-electron chi connectivity index (χ1n) is 6.67. The summed E-state index contributed by atoms with van der Waals surface area (Å²) in [5.41, 5.74) is 0. The first-order valence-corrected chi connectivity index (χ1v) is 6.67. The van der Waals surface area contributed by atoms with Gasteiger partial charge in [0.25, 0.3) is 0 Å². The zero-order chi connectivity index (χ0) is 10.5. The van der Waals surface area contributed by atoms with E-state index in [9.17, 15) is 0 Å². The lowest BCUT2D eigenvalue weighted by atomic mass is 9.99. The minimum atomic E-state index is 0.586. The second-order valence-corrected chi connectivity index (χ2v) is 5.12. The number of hydrogen-bond acceptors (Lipinski definition) is 2. The van der Waals surface area contributed by atoms with Crippen molar-refractivity contribution in [2.45, 2.75) is 57.0 Å². The van der Waals surface area contributed by atoms with Gasteiger partial charge in [-0.15, -0.1) is 0 Å². The number of nitrogens with zero attached hydrogens (tertiary/aromatic N) is 1. The van der Waals surface area contributed by atoms with Crippen LogP contribution in [0.4, 0.5) is 0 Å². The molecule has 2 nitrogen and oxygen atoms in total. The van der Waals surface area contributed by atoms with Crippen molar-refractivity contribution < 1.29 is 0 Å². The van der Waals surface area contributed by atoms with E-state index in [0.717, 1.165) is 6.04 Å². The summed E-state index contributed by atoms with van der Waals surface area (Å²) in [5.74, 6) is 0. The van der Waals surface area contributed by atoms with E-state index in [-0.39, 0.29) is 0 Å². The van der Waals surface area contributed by atoms with E-state index in [0.29, 0.717) is 6.04 Å². The van der Waals surface area contributed by atoms with Crippen LogP contribution in [0, 0.1) is 6.92 Å². The lowest BCUT2D eigenvalue weighted by Gasteiger charge is -2.35. The molecule has 2 saturated heterocycles. The second-order valence-electron chi connectivity index (χ2n) is 5.12. The molecule has 0 saturated carbocycles. The molecular weight excluding hydrogens is 184 g/mol. The van der Waals surface area contributed by atoms with Crippen LogP contribution in [0.1, 0.15) is 44.9 Å². The fourth-order valence-electron chi connectivity index (χ4n) is 2.85. The van der Waals surface area contributed by atoms with Gasteiger partial charge in [-0.1, -0.05) is 12.8 Å². The Hall–Kier alpha value is -0.0800. The molecule has 2 heterocycles. The van der Waals surface area contributed by atoms with E-state index < -0.39 is 0 Å². The lowest BCUT2D eigenvalue weighted by Crippen LogP contribution is -2.42. The minimum Gasteiger partial charge on any atom is -0.314 e. The maximum atomic E-state index is 4.25. The molecule has 1 N–H and O–H groups in total. The van der Waals surface area contributed by atoms with Crippen molar-refractivity contribution in [3.63, 3.8) is 0 Å². The molecule has 2 fully saturated rings. The quantitative estimate of drug-likeness (QED) is 0.766. The third-order valence-corrected chi connectivity index (χ3v) is 3.93. The highest BCUT2D eigenvalue weighted by Crippen LogP contribution is 2.18. The van der Waals surface area contributed by atoms with E-state index in [1.165, 1.54) is 64.6 Å². The van der Waals surface area contributed by atoms with Gasteiger partial charge in [0.05, 0.1) is 0 Å². The fourth-order valence-corrected chi connectivity index (χ4v) is 2.85. The largest absolute Gasteiger partial charge is 0.314 e. The summed E-state index contributed by atoms with van der Waals surface area (Å²) in [7, 11) is 0. The van der Waals surface area contributed by atoms with Crippen molar-refractivity contribution in [1.29, 1.82) is 0 Å². The molecule has 0 amide bonds. The number of rotatable bonds is 3. The Morgan fingerprint density at radius 1 is 1.13 bits per heavy atom. The van der Waals surface area contributed by atoms with E-state index in [1.807, 2.05) is 0 Å². The van der Waals surface area contributed by atoms with E-state index in [4.69, 9.17) is 0 Å². The van der Waals surface area contributed by atoms with Gasteiger partial charge in [-0.3, -0.25) is 0 Å². The topological polar surface area (TPSA) is 15.3 Å². The lowest BCUT2D eigenvalue weighted by molar-refractivity contribution is 0.166. The molecule has 15 heavy (non-hydrogen) atoms. The van der Waals surface area contributed by atoms with Crippen LogP contribution >= 0.6 is 0 Å². The SMILES string of the molecule is [CH2]C1CCCCN1CCC1CCCCN1. The Bertz CT molecular complexity index is 175. The van der Waals surface area contributed by atoms with Crippen molar-refractivity contribution in [1.82, 2.24) is 10.2 Å². The molecule has 2 rings (SSSR count). The average Bonchev–Trinajstić information content (AvgIpc) is 2.29. The normalized spacial score (nSPS) is 34.2. The molecule has 0 aromatic carbocycles. The number of likely N-dealkylation sites (tertiary alicyclic amines) is 1. The fraction of sp³-hybridized carbons (Fsp3) is 0.923. The number of nitrogens with one attached hydrogen (secondary N) is 1. The molecule has 0 spiro atoms. The monoisotopic (exact) mass is 209 g/mol. The van der Waals surface area contributed by atoms with Crippen molar-refractivity contribution in [2.75, 3.05) is 19.6 Å². The third-order valence-electron chi connectivity index (χ3n) is 3.93. The Labute approximate surface area is 94.4 Å². The van der Waals surface area contributed by atoms with Gasteiger partial charge < -0.3 is 10.2 Å². The molecule has 0 aromatic heterocycles. The summed E-state index contributed by atoms with van der Waals surface area (Å²) in [6.07, 6.45) is 9.57. The highest BCUT2D eigenvalue weighted by Gasteiger charge is 2.20. The molecule has 1 radical (unpaired) electrons. The summed E-state index contributed by atoms with van der Waals surface area (Å²) >= 11 is 0. The Balaban J connectivity index is 1.67. The van der Waals surface area contributed by atoms with Crippen LogP contribution in [0.3, 0.4) is 0 Å². The summed E-state index contributed by atoms with van der Waals surface area (Å²) in [4.78, 5) is 2.58. The van der Waals surface area contributed by atoms with E-state index in [2.05, 4.69) is 17.1 Å². The smallest absolute Gasteiger partial charge is 0.00958 e. The van der Waals surface area contributed by atoms with Gasteiger partial charge in [-0.2, -0.15) is 0 Å². The molecule has 2 atom stereocenters. The summed E-state index contributed by atoms with van der Waals surface area (Å²) < 4.78 is 0. The van der Waals surface area contributed by atoms with Crippen LogP contribution in [-0.4, -0.2) is 36.6 Å². The van der Waals surface area contributed by atoms with Crippen LogP contribution in [0.15, 0.2) is 0 Å². The highest BCUT2D eigenvalue weighted by molar-refractivity contribution is 4.81. The number of piperidine rings is 2. The van der Waals surface area contributed by atoms with Gasteiger partial charge in [-0.25, -0.2) is 0 Å². The highest BCUT2D eigenvalue weighted by atomic mass is 15.2. The summed E-state index contributed by atoms with van der Waals surface area (Å²) in [6, 6.07) is 1.37. The third kappa shape index (κ3) is 3.46. The van der Waals surface area contributed by atoms with E-state index in [1.54, 1.807) is 0 Å². The van der Waals surface area contributed by atoms with Crippen LogP contribution < -0.4 is 5.32 Å². The van der Waals surface area contributed by atoms with Crippen molar-refractivity contribution in [3.05, 3.63) is 6.92 Å². The van der Waals surface area contributed by atoms with Gasteiger partial charge in [0.1, 0.15) is 0 Å². The molecule has 2 heteroatoms. The van der Waals surface area contributed by atoms with Gasteiger partial charge in [0, 0.05) is 12.1 Å². The van der Waals surface area contributed by atoms with Crippen molar-refractivity contribution in [3.8, 4) is 0 Å². The Morgan fingerprint density at radius 2 is 2.00 bits per heavy atom. The van der Waals surface area contributed by atoms with Crippen molar-refractivity contribution >= 4 is 0 Å². The van der Waals surface area contributed by atoms with E-state index >= 15 is 0 Å². The van der Waals surface area contributed by atoms with Gasteiger partial charge in [0.15, 0.2) is 0 Å². The predicted octanol–water partition coefficient (Wildman–Crippen LogP) is 2.21. The first-order chi connectivity index (χ1) is 7.36. The standard InChI is InChI=1S/C13H25N2/c1-12-6-3-5-10-15(12)11-8-13-7-2-4-9-14-13/h12-14H,1-11H2. The molecule has 0 bridgehead atoms. The van der Waals surface area contributed by atoms with Gasteiger partial charge >= 0.3 is 0 Å². The molecule has 0 aromatic rings. The molecule has 2 aliphatic heterocycles. The summed E-state index contributed by atoms with van der Waals surface area (Å²) in [6.45, 7) is 8.02. The van der Waals surface area contributed by atoms with Crippen LogP contribution in [-0.2, 0) is 0 Å². The summed E-state index contributed by atoms with van der Waals surface area (Å²) in [5, 5.41) is 3.63. The molecule has 2 aliphatic rings. The molecule has 0 aliphatic carbocycles. The van der Waals surface area contributed by atoms with Crippen LogP contribution in [0.2, 0.25) is 0 Å². The first kappa shape index (κ1) is 11.4. The zero-order valence-corrected chi connectivity index (χ0v) is 9.88. The van der Waals surface area contributed by atoms with Crippen LogP contribution in [0.25, 0.3) is 0 Å².